The van der Waals surface area contributed by atoms with Crippen molar-refractivity contribution in [3.8, 4) is 11.5 Å². The fourth-order valence-corrected chi connectivity index (χ4v) is 4.85. The number of para-hydroxylation sites is 1. The highest BCUT2D eigenvalue weighted by atomic mass is 16.5. The van der Waals surface area contributed by atoms with Gasteiger partial charge in [0.25, 0.3) is 0 Å². The number of hydrogen-bond donors (Lipinski definition) is 4. The lowest BCUT2D eigenvalue weighted by molar-refractivity contribution is -0.143. The van der Waals surface area contributed by atoms with Crippen LogP contribution in [-0.4, -0.2) is 76.7 Å². The lowest BCUT2D eigenvalue weighted by Gasteiger charge is -2.31. The first kappa shape index (κ1) is 32.1. The molecule has 11 nitrogen and oxygen atoms in total. The number of hydrogen-bond acceptors (Lipinski definition) is 7. The van der Waals surface area contributed by atoms with Gasteiger partial charge < -0.3 is 35.5 Å². The zero-order valence-corrected chi connectivity index (χ0v) is 24.4. The Labute approximate surface area is 246 Å². The fraction of sp³-hybridized carbons (Fsp3) is 0.452. The van der Waals surface area contributed by atoms with E-state index in [0.717, 1.165) is 0 Å². The second-order valence-electron chi connectivity index (χ2n) is 10.8. The number of phenolic OH excluding ortho intramolecular Hbond substituents is 1. The number of carbonyl (C=O) groups excluding carboxylic acids is 5. The molecular formula is C31H40N4O7. The van der Waals surface area contributed by atoms with Crippen molar-refractivity contribution >= 4 is 29.9 Å². The summed E-state index contributed by atoms with van der Waals surface area (Å²) in [5, 5.41) is 17.7. The van der Waals surface area contributed by atoms with Crippen molar-refractivity contribution in [2.45, 2.75) is 77.2 Å². The summed E-state index contributed by atoms with van der Waals surface area (Å²) in [5.74, 6) is -1.61. The zero-order chi connectivity index (χ0) is 30.8. The van der Waals surface area contributed by atoms with Gasteiger partial charge in [-0.1, -0.05) is 51.1 Å². The van der Waals surface area contributed by atoms with Gasteiger partial charge in [0.1, 0.15) is 42.0 Å². The summed E-state index contributed by atoms with van der Waals surface area (Å²) >= 11 is 0. The fourth-order valence-electron chi connectivity index (χ4n) is 4.85. The number of benzene rings is 2. The van der Waals surface area contributed by atoms with Gasteiger partial charge in [0.2, 0.25) is 23.6 Å². The van der Waals surface area contributed by atoms with E-state index in [1.807, 2.05) is 18.2 Å². The predicted molar refractivity (Wildman–Crippen MR) is 155 cm³/mol. The number of phenols is 1. The lowest BCUT2D eigenvalue weighted by atomic mass is 10.00. The van der Waals surface area contributed by atoms with E-state index in [9.17, 15) is 29.1 Å². The molecule has 11 heteroatoms. The zero-order valence-electron chi connectivity index (χ0n) is 24.4. The van der Waals surface area contributed by atoms with Crippen molar-refractivity contribution in [1.82, 2.24) is 20.9 Å². The van der Waals surface area contributed by atoms with Gasteiger partial charge in [-0.2, -0.15) is 0 Å². The number of aromatic hydroxyl groups is 1. The molecule has 1 unspecified atom stereocenters. The van der Waals surface area contributed by atoms with Crippen molar-refractivity contribution in [1.29, 1.82) is 0 Å². The number of amides is 4. The number of carbonyl (C=O) groups is 5. The van der Waals surface area contributed by atoms with E-state index in [1.165, 1.54) is 24.0 Å². The third kappa shape index (κ3) is 8.79. The Bertz CT molecular complexity index is 1240. The largest absolute Gasteiger partial charge is 0.508 e. The van der Waals surface area contributed by atoms with Crippen LogP contribution in [0.4, 0.5) is 0 Å². The van der Waals surface area contributed by atoms with E-state index in [-0.39, 0.29) is 31.1 Å². The number of ether oxygens (including phenoxy) is 1. The second-order valence-corrected chi connectivity index (χ2v) is 10.8. The minimum atomic E-state index is -1.01. The van der Waals surface area contributed by atoms with Gasteiger partial charge in [-0.05, 0) is 42.2 Å². The molecule has 3 rings (SSSR count). The Morgan fingerprint density at radius 2 is 1.69 bits per heavy atom. The normalized spacial score (nSPS) is 18.5. The molecule has 1 aliphatic rings. The molecule has 2 aromatic rings. The van der Waals surface area contributed by atoms with Gasteiger partial charge in [0.05, 0.1) is 12.6 Å². The van der Waals surface area contributed by atoms with Crippen LogP contribution in [0.2, 0.25) is 0 Å². The van der Waals surface area contributed by atoms with Crippen LogP contribution in [-0.2, 0) is 30.4 Å². The maximum atomic E-state index is 14.0. The van der Waals surface area contributed by atoms with Crippen LogP contribution in [0, 0.1) is 5.92 Å². The SMILES string of the molecule is CC[C@@H](C=O)NC(=O)[C@@H]1CC(Oc2ccccc2)CN1C(=O)[C@@H](NC(=O)[C@H](Cc1ccc(O)cc1)NC(C)=O)C(C)C. The highest BCUT2D eigenvalue weighted by molar-refractivity contribution is 5.95. The van der Waals surface area contributed by atoms with Crippen molar-refractivity contribution in [3.05, 3.63) is 60.2 Å². The molecule has 0 bridgehead atoms. The Morgan fingerprint density at radius 1 is 1.02 bits per heavy atom. The Kier molecular flexibility index (Phi) is 11.5. The minimum absolute atomic E-state index is 0.0712. The third-order valence-electron chi connectivity index (χ3n) is 7.13. The summed E-state index contributed by atoms with van der Waals surface area (Å²) < 4.78 is 6.08. The standard InChI is InChI=1S/C31H40N4O7/c1-5-22(18-36)33-30(40)27-16-25(42-24-9-7-6-8-10-24)17-35(27)31(41)28(19(2)3)34-29(39)26(32-20(4)37)15-21-11-13-23(38)14-12-21/h6-14,18-19,22,25-28,38H,5,15-17H2,1-4H3,(H,32,37)(H,33,40)(H,34,39)/t22-,25?,26-,27-,28-/m0/s1. The second kappa shape index (κ2) is 15.0. The van der Waals surface area contributed by atoms with Gasteiger partial charge in [-0.3, -0.25) is 19.2 Å². The highest BCUT2D eigenvalue weighted by Crippen LogP contribution is 2.25. The predicted octanol–water partition coefficient (Wildman–Crippen LogP) is 1.72. The molecule has 2 aromatic carbocycles. The molecule has 1 heterocycles. The number of rotatable bonds is 13. The summed E-state index contributed by atoms with van der Waals surface area (Å²) in [7, 11) is 0. The molecule has 0 aliphatic carbocycles. The number of likely N-dealkylation sites (tertiary alicyclic amines) is 1. The van der Waals surface area contributed by atoms with Crippen LogP contribution in [0.15, 0.2) is 54.6 Å². The molecular weight excluding hydrogens is 540 g/mol. The summed E-state index contributed by atoms with van der Waals surface area (Å²) in [6.07, 6.45) is 0.904. The molecule has 0 spiro atoms. The molecule has 42 heavy (non-hydrogen) atoms. The number of nitrogens with one attached hydrogen (secondary N) is 3. The van der Waals surface area contributed by atoms with Gasteiger partial charge in [-0.15, -0.1) is 0 Å². The first-order valence-electron chi connectivity index (χ1n) is 14.2. The van der Waals surface area contributed by atoms with Gasteiger partial charge in [0.15, 0.2) is 0 Å². The molecule has 0 radical (unpaired) electrons. The number of aldehydes is 1. The Hall–Kier alpha value is -4.41. The first-order valence-corrected chi connectivity index (χ1v) is 14.2. The van der Waals surface area contributed by atoms with Crippen molar-refractivity contribution in [2.75, 3.05) is 6.54 Å². The summed E-state index contributed by atoms with van der Waals surface area (Å²) in [4.78, 5) is 65.4. The quantitative estimate of drug-likeness (QED) is 0.263. The highest BCUT2D eigenvalue weighted by Gasteiger charge is 2.44. The van der Waals surface area contributed by atoms with Crippen LogP contribution < -0.4 is 20.7 Å². The van der Waals surface area contributed by atoms with E-state index in [2.05, 4.69) is 16.0 Å². The third-order valence-corrected chi connectivity index (χ3v) is 7.13. The smallest absolute Gasteiger partial charge is 0.246 e. The average Bonchev–Trinajstić information content (AvgIpc) is 3.38. The molecule has 1 aliphatic heterocycles. The van der Waals surface area contributed by atoms with E-state index in [0.29, 0.717) is 24.0 Å². The number of nitrogens with zero attached hydrogens (tertiary/aromatic N) is 1. The molecule has 0 saturated carbocycles. The van der Waals surface area contributed by atoms with Crippen molar-refractivity contribution < 1.29 is 33.8 Å². The summed E-state index contributed by atoms with van der Waals surface area (Å²) in [6, 6.07) is 11.7. The van der Waals surface area contributed by atoms with E-state index < -0.39 is 53.9 Å². The van der Waals surface area contributed by atoms with E-state index in [4.69, 9.17) is 4.74 Å². The monoisotopic (exact) mass is 580 g/mol. The first-order chi connectivity index (χ1) is 20.0. The van der Waals surface area contributed by atoms with E-state index >= 15 is 0 Å². The molecule has 5 atom stereocenters. The minimum Gasteiger partial charge on any atom is -0.508 e. The van der Waals surface area contributed by atoms with Crippen LogP contribution in [0.25, 0.3) is 0 Å². The molecule has 4 amide bonds. The molecule has 226 valence electrons. The molecule has 4 N–H and O–H groups in total. The summed E-state index contributed by atoms with van der Waals surface area (Å²) in [5.41, 5.74) is 0.701. The van der Waals surface area contributed by atoms with Crippen LogP contribution in [0.5, 0.6) is 11.5 Å². The van der Waals surface area contributed by atoms with Crippen LogP contribution >= 0.6 is 0 Å². The van der Waals surface area contributed by atoms with Gasteiger partial charge >= 0.3 is 0 Å². The van der Waals surface area contributed by atoms with Gasteiger partial charge in [0, 0.05) is 19.8 Å². The topological polar surface area (TPSA) is 154 Å². The molecule has 1 saturated heterocycles. The molecule has 0 aromatic heterocycles. The Morgan fingerprint density at radius 3 is 2.26 bits per heavy atom. The van der Waals surface area contributed by atoms with Crippen molar-refractivity contribution in [2.24, 2.45) is 5.92 Å². The van der Waals surface area contributed by atoms with Crippen LogP contribution in [0.1, 0.15) is 46.1 Å². The lowest BCUT2D eigenvalue weighted by Crippen LogP contribution is -2.58. The molecule has 1 fully saturated rings. The van der Waals surface area contributed by atoms with Gasteiger partial charge in [-0.25, -0.2) is 0 Å². The Balaban J connectivity index is 1.83. The maximum absolute atomic E-state index is 14.0. The average molecular weight is 581 g/mol. The summed E-state index contributed by atoms with van der Waals surface area (Å²) in [6.45, 7) is 6.72. The maximum Gasteiger partial charge on any atom is 0.246 e. The van der Waals surface area contributed by atoms with Crippen LogP contribution in [0.3, 0.4) is 0 Å². The van der Waals surface area contributed by atoms with Crippen molar-refractivity contribution in [3.63, 3.8) is 0 Å². The van der Waals surface area contributed by atoms with E-state index in [1.54, 1.807) is 45.0 Å².